The average Bonchev–Trinajstić information content (AvgIpc) is 2.31. The Bertz CT molecular complexity index is 408. The average molecular weight is 179 g/mol. The van der Waals surface area contributed by atoms with E-state index in [4.69, 9.17) is 16.6 Å². The molecule has 1 aliphatic carbocycles. The zero-order valence-corrected chi connectivity index (χ0v) is 7.57. The lowest BCUT2D eigenvalue weighted by atomic mass is 10.2. The third-order valence-corrected chi connectivity index (χ3v) is 2.06. The zero-order chi connectivity index (χ0) is 8.55. The van der Waals surface area contributed by atoms with Crippen molar-refractivity contribution in [1.82, 2.24) is 4.98 Å². The first-order chi connectivity index (χ1) is 5.75. The fourth-order valence-corrected chi connectivity index (χ4v) is 1.41. The number of hydrogen-bond acceptors (Lipinski definition) is 2. The predicted octanol–water partition coefficient (Wildman–Crippen LogP) is 2.85. The van der Waals surface area contributed by atoms with Gasteiger partial charge in [0.05, 0.1) is 5.69 Å². The zero-order valence-electron chi connectivity index (χ0n) is 6.76. The molecule has 0 aromatic carbocycles. The molecule has 2 rings (SSSR count). The summed E-state index contributed by atoms with van der Waals surface area (Å²) in [6.45, 7) is 2.07. The summed E-state index contributed by atoms with van der Waals surface area (Å²) in [5.74, 6) is 0.924. The minimum absolute atomic E-state index is 0.456. The minimum Gasteiger partial charge on any atom is -0.434 e. The van der Waals surface area contributed by atoms with E-state index in [0.717, 1.165) is 17.9 Å². The molecule has 0 saturated heterocycles. The normalized spacial score (nSPS) is 15.2. The van der Waals surface area contributed by atoms with Crippen LogP contribution in [0.4, 0.5) is 0 Å². The lowest BCUT2D eigenvalue weighted by molar-refractivity contribution is 0.501. The smallest absolute Gasteiger partial charge is 0.266 e. The molecule has 0 unspecified atom stereocenters. The fraction of sp³-hybridized carbons (Fsp3) is 0.222. The molecule has 2 nitrogen and oxygen atoms in total. The van der Waals surface area contributed by atoms with Gasteiger partial charge < -0.3 is 9.40 Å². The van der Waals surface area contributed by atoms with Gasteiger partial charge in [0.25, 0.3) is 4.84 Å². The molecule has 0 spiro atoms. The Kier molecular flexibility index (Phi) is 1.73. The molecule has 3 heteroatoms. The van der Waals surface area contributed by atoms with E-state index in [9.17, 15) is 0 Å². The van der Waals surface area contributed by atoms with Crippen LogP contribution in [0.15, 0.2) is 22.1 Å². The second-order valence-corrected chi connectivity index (χ2v) is 3.21. The lowest BCUT2D eigenvalue weighted by Gasteiger charge is -1.87. The maximum Gasteiger partial charge on any atom is 0.266 e. The highest BCUT2D eigenvalue weighted by Gasteiger charge is 2.06. The number of aromatic nitrogens is 1. The molecule has 12 heavy (non-hydrogen) atoms. The highest BCUT2D eigenvalue weighted by molar-refractivity contribution is 7.71. The van der Waals surface area contributed by atoms with E-state index >= 15 is 0 Å². The monoisotopic (exact) mass is 179 g/mol. The Balaban J connectivity index is 2.53. The van der Waals surface area contributed by atoms with Gasteiger partial charge in [0.15, 0.2) is 0 Å². The number of aromatic amines is 1. The van der Waals surface area contributed by atoms with Crippen molar-refractivity contribution in [2.75, 3.05) is 0 Å². The molecule has 0 fully saturated rings. The van der Waals surface area contributed by atoms with Crippen LogP contribution in [-0.4, -0.2) is 4.98 Å². The maximum atomic E-state index is 5.30. The topological polar surface area (TPSA) is 28.9 Å². The van der Waals surface area contributed by atoms with Gasteiger partial charge in [-0.1, -0.05) is 17.7 Å². The fourth-order valence-electron chi connectivity index (χ4n) is 1.19. The van der Waals surface area contributed by atoms with Gasteiger partial charge in [0.1, 0.15) is 5.76 Å². The summed E-state index contributed by atoms with van der Waals surface area (Å²) in [6.07, 6.45) is 6.98. The molecule has 0 atom stereocenters. The highest BCUT2D eigenvalue weighted by Crippen LogP contribution is 2.16. The summed E-state index contributed by atoms with van der Waals surface area (Å²) in [4.78, 5) is 3.44. The van der Waals surface area contributed by atoms with E-state index in [1.807, 2.05) is 12.2 Å². The van der Waals surface area contributed by atoms with E-state index in [-0.39, 0.29) is 0 Å². The first-order valence-electron chi connectivity index (χ1n) is 3.82. The van der Waals surface area contributed by atoms with Crippen LogP contribution in [0, 0.1) is 4.84 Å². The van der Waals surface area contributed by atoms with Crippen LogP contribution >= 0.6 is 12.2 Å². The third-order valence-electron chi connectivity index (χ3n) is 1.88. The van der Waals surface area contributed by atoms with Gasteiger partial charge in [-0.25, -0.2) is 0 Å². The molecule has 1 aliphatic rings. The lowest BCUT2D eigenvalue weighted by Crippen LogP contribution is -1.79. The second kappa shape index (κ2) is 2.75. The molecular weight excluding hydrogens is 170 g/mol. The molecule has 0 saturated carbocycles. The Labute approximate surface area is 75.6 Å². The number of allylic oxidation sites excluding steroid dienone is 3. The molecule has 1 heterocycles. The van der Waals surface area contributed by atoms with Crippen molar-refractivity contribution < 1.29 is 4.42 Å². The first kappa shape index (κ1) is 7.55. The van der Waals surface area contributed by atoms with Crippen LogP contribution in [-0.2, 0) is 6.42 Å². The van der Waals surface area contributed by atoms with E-state index < -0.39 is 0 Å². The van der Waals surface area contributed by atoms with Crippen molar-refractivity contribution >= 4 is 18.3 Å². The Hall–Kier alpha value is -1.09. The van der Waals surface area contributed by atoms with Gasteiger partial charge in [-0.2, -0.15) is 0 Å². The van der Waals surface area contributed by atoms with Crippen molar-refractivity contribution in [3.63, 3.8) is 0 Å². The SMILES string of the molecule is CC1=CCc2oc(=S)[nH]c2C=C1. The van der Waals surface area contributed by atoms with Crippen LogP contribution in [0.3, 0.4) is 0 Å². The van der Waals surface area contributed by atoms with E-state index in [0.29, 0.717) is 4.84 Å². The van der Waals surface area contributed by atoms with Crippen molar-refractivity contribution in [1.29, 1.82) is 0 Å². The number of rotatable bonds is 0. The van der Waals surface area contributed by atoms with Gasteiger partial charge in [0, 0.05) is 6.42 Å². The third kappa shape index (κ3) is 1.28. The molecule has 0 bridgehead atoms. The molecule has 0 aliphatic heterocycles. The number of oxazole rings is 1. The molecule has 0 radical (unpaired) electrons. The van der Waals surface area contributed by atoms with E-state index in [1.54, 1.807) is 0 Å². The summed E-state index contributed by atoms with van der Waals surface area (Å²) in [5, 5.41) is 0. The maximum absolute atomic E-state index is 5.30. The van der Waals surface area contributed by atoms with Crippen molar-refractivity contribution in [3.8, 4) is 0 Å². The standard InChI is InChI=1S/C9H9NOS/c1-6-2-4-7-8(5-3-6)11-9(12)10-7/h2-4H,5H2,1H3,(H,10,12). The molecule has 62 valence electrons. The van der Waals surface area contributed by atoms with Crippen LogP contribution in [0.1, 0.15) is 18.4 Å². The largest absolute Gasteiger partial charge is 0.434 e. The Morgan fingerprint density at radius 3 is 3.17 bits per heavy atom. The Morgan fingerprint density at radius 1 is 1.50 bits per heavy atom. The number of nitrogens with one attached hydrogen (secondary N) is 1. The molecule has 1 aromatic heterocycles. The summed E-state index contributed by atoms with van der Waals surface area (Å²) in [7, 11) is 0. The van der Waals surface area contributed by atoms with Crippen LogP contribution in [0.2, 0.25) is 0 Å². The summed E-state index contributed by atoms with van der Waals surface area (Å²) in [5.41, 5.74) is 2.24. The van der Waals surface area contributed by atoms with Gasteiger partial charge in [-0.05, 0) is 25.2 Å². The molecular formula is C9H9NOS. The number of hydrogen-bond donors (Lipinski definition) is 1. The molecule has 0 amide bonds. The number of fused-ring (bicyclic) bond motifs is 1. The van der Waals surface area contributed by atoms with Crippen LogP contribution < -0.4 is 0 Å². The molecule has 1 aromatic rings. The highest BCUT2D eigenvalue weighted by atomic mass is 32.1. The van der Waals surface area contributed by atoms with Gasteiger partial charge in [-0.15, -0.1) is 0 Å². The van der Waals surface area contributed by atoms with Crippen molar-refractivity contribution in [3.05, 3.63) is 34.0 Å². The van der Waals surface area contributed by atoms with Crippen LogP contribution in [0.25, 0.3) is 6.08 Å². The van der Waals surface area contributed by atoms with Gasteiger partial charge in [-0.3, -0.25) is 0 Å². The first-order valence-corrected chi connectivity index (χ1v) is 4.23. The summed E-state index contributed by atoms with van der Waals surface area (Å²) >= 11 is 4.88. The summed E-state index contributed by atoms with van der Waals surface area (Å²) in [6, 6.07) is 0. The second-order valence-electron chi connectivity index (χ2n) is 2.84. The van der Waals surface area contributed by atoms with E-state index in [2.05, 4.69) is 18.0 Å². The Morgan fingerprint density at radius 2 is 2.33 bits per heavy atom. The van der Waals surface area contributed by atoms with Gasteiger partial charge >= 0.3 is 0 Å². The predicted molar refractivity (Wildman–Crippen MR) is 50.4 cm³/mol. The van der Waals surface area contributed by atoms with Crippen molar-refractivity contribution in [2.45, 2.75) is 13.3 Å². The van der Waals surface area contributed by atoms with Gasteiger partial charge in [0.2, 0.25) is 0 Å². The van der Waals surface area contributed by atoms with E-state index in [1.165, 1.54) is 5.57 Å². The minimum atomic E-state index is 0.456. The number of H-pyrrole nitrogens is 1. The quantitative estimate of drug-likeness (QED) is 0.620. The molecule has 1 N–H and O–H groups in total. The van der Waals surface area contributed by atoms with Crippen molar-refractivity contribution in [2.24, 2.45) is 0 Å². The summed E-state index contributed by atoms with van der Waals surface area (Å²) < 4.78 is 5.30. The van der Waals surface area contributed by atoms with Crippen LogP contribution in [0.5, 0.6) is 0 Å².